The van der Waals surface area contributed by atoms with E-state index in [2.05, 4.69) is 21.2 Å². The monoisotopic (exact) mass is 354 g/mol. The van der Waals surface area contributed by atoms with Crippen LogP contribution in [0.3, 0.4) is 0 Å². The van der Waals surface area contributed by atoms with Crippen molar-refractivity contribution in [1.82, 2.24) is 0 Å². The number of aromatic carboxylic acids is 1. The molecule has 2 N–H and O–H groups in total. The number of hydrogen-bond donors (Lipinski definition) is 2. The molecule has 0 aliphatic heterocycles. The van der Waals surface area contributed by atoms with Crippen LogP contribution in [0.25, 0.3) is 0 Å². The molecule has 0 saturated carbocycles. The predicted octanol–water partition coefficient (Wildman–Crippen LogP) is 2.90. The zero-order chi connectivity index (χ0) is 15.6. The summed E-state index contributed by atoms with van der Waals surface area (Å²) in [5, 5.41) is 22.1. The number of amides is 1. The second-order valence-corrected chi connectivity index (χ2v) is 4.57. The number of nitrogens with one attached hydrogen (secondary N) is 1. The van der Waals surface area contributed by atoms with E-state index >= 15 is 0 Å². The van der Waals surface area contributed by atoms with Crippen molar-refractivity contribution in [2.75, 3.05) is 5.32 Å². The summed E-state index contributed by atoms with van der Waals surface area (Å²) in [6, 6.07) is 4.54. The lowest BCUT2D eigenvalue weighted by molar-refractivity contribution is -0.384. The molecule has 0 bridgehead atoms. The van der Waals surface area contributed by atoms with Crippen LogP contribution in [0.1, 0.15) is 20.7 Å². The van der Waals surface area contributed by atoms with Gasteiger partial charge in [-0.2, -0.15) is 0 Å². The SMILES string of the molecule is O=C(O)c1cc([N+](=O)[O-])ccc1NC(=O)c1ccoc1Br. The summed E-state index contributed by atoms with van der Waals surface area (Å²) in [5.41, 5.74) is -0.636. The molecular formula is C12H7BrN2O6. The number of rotatable bonds is 4. The van der Waals surface area contributed by atoms with E-state index < -0.39 is 16.8 Å². The Balaban J connectivity index is 2.36. The third-order valence-corrected chi connectivity index (χ3v) is 3.17. The summed E-state index contributed by atoms with van der Waals surface area (Å²) in [7, 11) is 0. The van der Waals surface area contributed by atoms with Crippen LogP contribution in [0.5, 0.6) is 0 Å². The fourth-order valence-corrected chi connectivity index (χ4v) is 2.00. The standard InChI is InChI=1S/C12H7BrN2O6/c13-10-7(3-4-21-10)11(16)14-9-2-1-6(15(19)20)5-8(9)12(17)18/h1-5H,(H,14,16)(H,17,18). The van der Waals surface area contributed by atoms with Crippen molar-refractivity contribution in [3.8, 4) is 0 Å². The Morgan fingerprint density at radius 2 is 2.00 bits per heavy atom. The van der Waals surface area contributed by atoms with Crippen LogP contribution in [0.4, 0.5) is 11.4 Å². The Morgan fingerprint density at radius 1 is 1.29 bits per heavy atom. The highest BCUT2D eigenvalue weighted by Gasteiger charge is 2.19. The smallest absolute Gasteiger partial charge is 0.338 e. The molecule has 0 radical (unpaired) electrons. The lowest BCUT2D eigenvalue weighted by Gasteiger charge is -2.07. The molecule has 0 spiro atoms. The molecule has 0 fully saturated rings. The van der Waals surface area contributed by atoms with Gasteiger partial charge in [0.05, 0.1) is 28.0 Å². The molecule has 1 amide bonds. The van der Waals surface area contributed by atoms with Crippen molar-refractivity contribution in [2.45, 2.75) is 0 Å². The maximum atomic E-state index is 12.0. The fourth-order valence-electron chi connectivity index (χ4n) is 1.58. The first-order chi connectivity index (χ1) is 9.90. The largest absolute Gasteiger partial charge is 0.478 e. The number of carbonyl (C=O) groups is 2. The van der Waals surface area contributed by atoms with E-state index in [4.69, 9.17) is 9.52 Å². The van der Waals surface area contributed by atoms with Crippen molar-refractivity contribution in [1.29, 1.82) is 0 Å². The maximum Gasteiger partial charge on any atom is 0.338 e. The topological polar surface area (TPSA) is 123 Å². The molecule has 9 heteroatoms. The fraction of sp³-hybridized carbons (Fsp3) is 0. The van der Waals surface area contributed by atoms with Crippen molar-refractivity contribution >= 4 is 39.2 Å². The molecule has 1 aromatic heterocycles. The predicted molar refractivity (Wildman–Crippen MR) is 74.4 cm³/mol. The number of nitro benzene ring substituents is 1. The lowest BCUT2D eigenvalue weighted by Crippen LogP contribution is -2.14. The molecule has 0 aliphatic rings. The Morgan fingerprint density at radius 3 is 2.52 bits per heavy atom. The minimum absolute atomic E-state index is 0.0498. The molecule has 0 unspecified atom stereocenters. The molecule has 0 aliphatic carbocycles. The molecule has 2 rings (SSSR count). The van der Waals surface area contributed by atoms with Crippen LogP contribution in [0, 0.1) is 10.1 Å². The first-order valence-electron chi connectivity index (χ1n) is 5.46. The van der Waals surface area contributed by atoms with Crippen LogP contribution in [0.15, 0.2) is 39.6 Å². The van der Waals surface area contributed by atoms with Crippen molar-refractivity contribution in [2.24, 2.45) is 0 Å². The summed E-state index contributed by atoms with van der Waals surface area (Å²) >= 11 is 3.03. The van der Waals surface area contributed by atoms with E-state index in [9.17, 15) is 19.7 Å². The van der Waals surface area contributed by atoms with E-state index in [-0.39, 0.29) is 27.2 Å². The molecule has 2 aromatic rings. The number of hydrogen-bond acceptors (Lipinski definition) is 5. The van der Waals surface area contributed by atoms with Crippen molar-refractivity contribution in [3.05, 3.63) is 56.4 Å². The van der Waals surface area contributed by atoms with Crippen LogP contribution in [0.2, 0.25) is 0 Å². The summed E-state index contributed by atoms with van der Waals surface area (Å²) in [5.74, 6) is -1.99. The maximum absolute atomic E-state index is 12.0. The second kappa shape index (κ2) is 5.75. The first kappa shape index (κ1) is 14.7. The molecule has 1 aromatic carbocycles. The average Bonchev–Trinajstić information content (AvgIpc) is 2.85. The van der Waals surface area contributed by atoms with Gasteiger partial charge in [-0.3, -0.25) is 14.9 Å². The van der Waals surface area contributed by atoms with Gasteiger partial charge in [0.1, 0.15) is 0 Å². The van der Waals surface area contributed by atoms with Crippen LogP contribution < -0.4 is 5.32 Å². The highest BCUT2D eigenvalue weighted by atomic mass is 79.9. The molecule has 0 saturated heterocycles. The Kier molecular flexibility index (Phi) is 4.03. The van der Waals surface area contributed by atoms with Gasteiger partial charge in [0.25, 0.3) is 11.6 Å². The number of nitrogens with zero attached hydrogens (tertiary/aromatic N) is 1. The second-order valence-electron chi connectivity index (χ2n) is 3.85. The number of anilines is 1. The number of carboxylic acid groups (broad SMARTS) is 1. The number of carboxylic acids is 1. The molecular weight excluding hydrogens is 348 g/mol. The summed E-state index contributed by atoms with van der Waals surface area (Å²) in [4.78, 5) is 33.0. The Labute approximate surface area is 125 Å². The zero-order valence-corrected chi connectivity index (χ0v) is 11.8. The molecule has 21 heavy (non-hydrogen) atoms. The van der Waals surface area contributed by atoms with Gasteiger partial charge in [-0.05, 0) is 28.1 Å². The molecule has 8 nitrogen and oxygen atoms in total. The molecule has 108 valence electrons. The number of halogens is 1. The minimum Gasteiger partial charge on any atom is -0.478 e. The van der Waals surface area contributed by atoms with Gasteiger partial charge in [-0.15, -0.1) is 0 Å². The normalized spacial score (nSPS) is 10.1. The van der Waals surface area contributed by atoms with Crippen molar-refractivity contribution < 1.29 is 24.0 Å². The summed E-state index contributed by atoms with van der Waals surface area (Å²) in [6.45, 7) is 0. The van der Waals surface area contributed by atoms with Gasteiger partial charge < -0.3 is 14.8 Å². The lowest BCUT2D eigenvalue weighted by atomic mass is 10.1. The van der Waals surface area contributed by atoms with Gasteiger partial charge >= 0.3 is 5.97 Å². The van der Waals surface area contributed by atoms with E-state index in [1.54, 1.807) is 0 Å². The van der Waals surface area contributed by atoms with Gasteiger partial charge in [0.2, 0.25) is 0 Å². The van der Waals surface area contributed by atoms with E-state index in [1.165, 1.54) is 12.3 Å². The minimum atomic E-state index is -1.39. The van der Waals surface area contributed by atoms with Crippen LogP contribution in [-0.2, 0) is 0 Å². The Bertz CT molecular complexity index is 739. The third kappa shape index (κ3) is 3.08. The first-order valence-corrected chi connectivity index (χ1v) is 6.25. The summed E-state index contributed by atoms with van der Waals surface area (Å²) < 4.78 is 5.10. The van der Waals surface area contributed by atoms with E-state index in [1.807, 2.05) is 0 Å². The Hall–Kier alpha value is -2.68. The van der Waals surface area contributed by atoms with Gasteiger partial charge in [-0.25, -0.2) is 4.79 Å². The number of nitro groups is 1. The highest BCUT2D eigenvalue weighted by molar-refractivity contribution is 9.10. The van der Waals surface area contributed by atoms with Crippen LogP contribution >= 0.6 is 15.9 Å². The molecule has 1 heterocycles. The number of furan rings is 1. The van der Waals surface area contributed by atoms with Gasteiger partial charge in [0.15, 0.2) is 4.67 Å². The van der Waals surface area contributed by atoms with Crippen LogP contribution in [-0.4, -0.2) is 21.9 Å². The number of carbonyl (C=O) groups excluding carboxylic acids is 1. The van der Waals surface area contributed by atoms with E-state index in [0.29, 0.717) is 0 Å². The zero-order valence-electron chi connectivity index (χ0n) is 10.2. The molecule has 0 atom stereocenters. The van der Waals surface area contributed by atoms with Gasteiger partial charge in [0, 0.05) is 12.1 Å². The third-order valence-electron chi connectivity index (χ3n) is 2.56. The average molecular weight is 355 g/mol. The highest BCUT2D eigenvalue weighted by Crippen LogP contribution is 2.24. The number of benzene rings is 1. The summed E-state index contributed by atoms with van der Waals surface area (Å²) in [6.07, 6.45) is 1.28. The number of non-ortho nitro benzene ring substituents is 1. The quantitative estimate of drug-likeness (QED) is 0.642. The van der Waals surface area contributed by atoms with E-state index in [0.717, 1.165) is 18.2 Å². The van der Waals surface area contributed by atoms with Crippen molar-refractivity contribution in [3.63, 3.8) is 0 Å². The van der Waals surface area contributed by atoms with Gasteiger partial charge in [-0.1, -0.05) is 0 Å².